The summed E-state index contributed by atoms with van der Waals surface area (Å²) in [5.41, 5.74) is 0. The van der Waals surface area contributed by atoms with Gasteiger partial charge in [0.25, 0.3) is 0 Å². The largest absolute Gasteiger partial charge is 0.451 e. The van der Waals surface area contributed by atoms with Crippen molar-refractivity contribution in [2.75, 3.05) is 13.2 Å². The van der Waals surface area contributed by atoms with E-state index < -0.39 is 49.1 Å². The Balaban J connectivity index is 2.62. The lowest BCUT2D eigenvalue weighted by Gasteiger charge is -2.26. The fourth-order valence-corrected chi connectivity index (χ4v) is 1.85. The average Bonchev–Trinajstić information content (AvgIpc) is 2.88. The van der Waals surface area contributed by atoms with Crippen molar-refractivity contribution < 1.29 is 39.9 Å². The van der Waals surface area contributed by atoms with Gasteiger partial charge in [-0.05, 0) is 13.0 Å². The third kappa shape index (κ3) is 3.95. The first-order chi connectivity index (χ1) is 9.42. The number of aliphatic hydroxyl groups is 5. The van der Waals surface area contributed by atoms with Crippen molar-refractivity contribution in [2.45, 2.75) is 43.0 Å². The first-order valence-electron chi connectivity index (χ1n) is 6.14. The third-order valence-corrected chi connectivity index (χ3v) is 3.10. The van der Waals surface area contributed by atoms with Gasteiger partial charge in [-0.1, -0.05) is 0 Å². The van der Waals surface area contributed by atoms with Crippen molar-refractivity contribution in [2.24, 2.45) is 0 Å². The zero-order chi connectivity index (χ0) is 15.3. The second-order valence-electron chi connectivity index (χ2n) is 4.56. The molecular weight excluding hydrogens is 274 g/mol. The standard InChI is InChI=1S/C11H19NO8/c13-3-6(16)9(17)10(18)7(4-14)20-11(19)8-5(15)1-2-12-8/h4-10,12-13,15-18H,1-3H2/t5?,6-,7+,8+,9-,10-/m1/s1. The van der Waals surface area contributed by atoms with E-state index in [0.29, 0.717) is 13.0 Å². The minimum atomic E-state index is -1.89. The normalized spacial score (nSPS) is 28.4. The summed E-state index contributed by atoms with van der Waals surface area (Å²) < 4.78 is 4.70. The quantitative estimate of drug-likeness (QED) is 0.203. The summed E-state index contributed by atoms with van der Waals surface area (Å²) in [6.07, 6.45) is -7.66. The molecule has 1 heterocycles. The Morgan fingerprint density at radius 1 is 1.35 bits per heavy atom. The minimum Gasteiger partial charge on any atom is -0.451 e. The molecule has 0 aromatic rings. The first-order valence-corrected chi connectivity index (χ1v) is 6.14. The maximum Gasteiger partial charge on any atom is 0.326 e. The van der Waals surface area contributed by atoms with Crippen LogP contribution >= 0.6 is 0 Å². The topological polar surface area (TPSA) is 157 Å². The number of hydrogen-bond donors (Lipinski definition) is 6. The van der Waals surface area contributed by atoms with Crippen LogP contribution in [-0.4, -0.2) is 87.5 Å². The molecule has 1 aliphatic heterocycles. The highest BCUT2D eigenvalue weighted by atomic mass is 16.6. The highest BCUT2D eigenvalue weighted by molar-refractivity contribution is 5.79. The fourth-order valence-electron chi connectivity index (χ4n) is 1.85. The molecule has 0 saturated carbocycles. The molecule has 1 unspecified atom stereocenters. The molecule has 9 heteroatoms. The van der Waals surface area contributed by atoms with Crippen molar-refractivity contribution in [3.05, 3.63) is 0 Å². The van der Waals surface area contributed by atoms with E-state index in [0.717, 1.165) is 0 Å². The van der Waals surface area contributed by atoms with Crippen molar-refractivity contribution in [1.29, 1.82) is 0 Å². The van der Waals surface area contributed by atoms with Gasteiger partial charge in [-0.3, -0.25) is 9.59 Å². The van der Waals surface area contributed by atoms with Crippen LogP contribution < -0.4 is 5.32 Å². The molecule has 0 aromatic heterocycles. The number of ether oxygens (including phenoxy) is 1. The number of aliphatic hydroxyl groups excluding tert-OH is 5. The second-order valence-corrected chi connectivity index (χ2v) is 4.56. The van der Waals surface area contributed by atoms with Crippen LogP contribution in [0.1, 0.15) is 6.42 Å². The maximum absolute atomic E-state index is 11.7. The highest BCUT2D eigenvalue weighted by Gasteiger charge is 2.38. The Morgan fingerprint density at radius 3 is 2.45 bits per heavy atom. The Morgan fingerprint density at radius 2 is 2.00 bits per heavy atom. The van der Waals surface area contributed by atoms with Gasteiger partial charge in [-0.15, -0.1) is 0 Å². The smallest absolute Gasteiger partial charge is 0.326 e. The second kappa shape index (κ2) is 7.62. The van der Waals surface area contributed by atoms with Gasteiger partial charge < -0.3 is 35.6 Å². The van der Waals surface area contributed by atoms with Crippen LogP contribution in [0.25, 0.3) is 0 Å². The third-order valence-electron chi connectivity index (χ3n) is 3.10. The lowest BCUT2D eigenvalue weighted by atomic mass is 10.0. The predicted octanol–water partition coefficient (Wildman–Crippen LogP) is -4.11. The lowest BCUT2D eigenvalue weighted by Crippen LogP contribution is -2.50. The highest BCUT2D eigenvalue weighted by Crippen LogP contribution is 2.12. The maximum atomic E-state index is 11.7. The van der Waals surface area contributed by atoms with Crippen molar-refractivity contribution in [1.82, 2.24) is 5.32 Å². The van der Waals surface area contributed by atoms with E-state index in [1.807, 2.05) is 0 Å². The van der Waals surface area contributed by atoms with Gasteiger partial charge in [0, 0.05) is 0 Å². The molecule has 1 saturated heterocycles. The van der Waals surface area contributed by atoms with Gasteiger partial charge in [0.2, 0.25) is 0 Å². The number of nitrogens with one attached hydrogen (secondary N) is 1. The molecule has 0 bridgehead atoms. The molecule has 1 fully saturated rings. The SMILES string of the molecule is O=C[C@H](OC(=O)[C@H]1NCCC1O)[C@@H](O)[C@H](O)[C@H](O)CO. The van der Waals surface area contributed by atoms with Gasteiger partial charge in [0.15, 0.2) is 12.4 Å². The van der Waals surface area contributed by atoms with Crippen LogP contribution in [0.4, 0.5) is 0 Å². The van der Waals surface area contributed by atoms with Crippen LogP contribution in [0.3, 0.4) is 0 Å². The molecule has 1 aliphatic rings. The lowest BCUT2D eigenvalue weighted by molar-refractivity contribution is -0.171. The number of esters is 1. The Kier molecular flexibility index (Phi) is 6.46. The summed E-state index contributed by atoms with van der Waals surface area (Å²) in [6.45, 7) is -0.429. The van der Waals surface area contributed by atoms with Gasteiger partial charge >= 0.3 is 5.97 Å². The summed E-state index contributed by atoms with van der Waals surface area (Å²) >= 11 is 0. The van der Waals surface area contributed by atoms with Crippen molar-refractivity contribution >= 4 is 12.3 Å². The first kappa shape index (κ1) is 17.0. The molecule has 0 aromatic carbocycles. The van der Waals surface area contributed by atoms with Crippen LogP contribution in [0.15, 0.2) is 0 Å². The molecule has 6 atom stereocenters. The molecule has 0 aliphatic carbocycles. The zero-order valence-electron chi connectivity index (χ0n) is 10.6. The van der Waals surface area contributed by atoms with Gasteiger partial charge in [0.05, 0.1) is 12.7 Å². The molecule has 9 nitrogen and oxygen atoms in total. The predicted molar refractivity (Wildman–Crippen MR) is 63.5 cm³/mol. The van der Waals surface area contributed by atoms with Crippen LogP contribution in [-0.2, 0) is 14.3 Å². The van der Waals surface area contributed by atoms with E-state index in [4.69, 9.17) is 14.9 Å². The number of carbonyl (C=O) groups is 2. The van der Waals surface area contributed by atoms with Gasteiger partial charge in [0.1, 0.15) is 24.4 Å². The van der Waals surface area contributed by atoms with E-state index >= 15 is 0 Å². The van der Waals surface area contributed by atoms with E-state index in [2.05, 4.69) is 5.32 Å². The van der Waals surface area contributed by atoms with Gasteiger partial charge in [-0.2, -0.15) is 0 Å². The molecule has 0 radical (unpaired) electrons. The molecule has 116 valence electrons. The summed E-state index contributed by atoms with van der Waals surface area (Å²) in [5, 5.41) is 49.0. The monoisotopic (exact) mass is 293 g/mol. The number of aldehydes is 1. The summed E-state index contributed by atoms with van der Waals surface area (Å²) in [4.78, 5) is 22.5. The Labute approximate surface area is 114 Å². The summed E-state index contributed by atoms with van der Waals surface area (Å²) in [5.74, 6) is -0.947. The van der Waals surface area contributed by atoms with Crippen LogP contribution in [0.5, 0.6) is 0 Å². The number of hydrogen-bond acceptors (Lipinski definition) is 9. The number of rotatable bonds is 7. The molecule has 0 amide bonds. The van der Waals surface area contributed by atoms with Crippen LogP contribution in [0, 0.1) is 0 Å². The van der Waals surface area contributed by atoms with Crippen LogP contribution in [0.2, 0.25) is 0 Å². The Hall–Kier alpha value is -1.10. The fraction of sp³-hybridized carbons (Fsp3) is 0.818. The Bertz CT molecular complexity index is 338. The average molecular weight is 293 g/mol. The molecule has 20 heavy (non-hydrogen) atoms. The van der Waals surface area contributed by atoms with E-state index in [1.54, 1.807) is 0 Å². The van der Waals surface area contributed by atoms with Crippen molar-refractivity contribution in [3.63, 3.8) is 0 Å². The zero-order valence-corrected chi connectivity index (χ0v) is 10.6. The minimum absolute atomic E-state index is 0.0945. The van der Waals surface area contributed by atoms with Crippen molar-refractivity contribution in [3.8, 4) is 0 Å². The molecule has 0 spiro atoms. The van der Waals surface area contributed by atoms with E-state index in [9.17, 15) is 24.9 Å². The molecular formula is C11H19NO8. The van der Waals surface area contributed by atoms with E-state index in [1.165, 1.54) is 0 Å². The molecule has 1 rings (SSSR count). The number of carbonyl (C=O) groups excluding carboxylic acids is 2. The van der Waals surface area contributed by atoms with Gasteiger partial charge in [-0.25, -0.2) is 0 Å². The summed E-state index contributed by atoms with van der Waals surface area (Å²) in [7, 11) is 0. The van der Waals surface area contributed by atoms with E-state index in [-0.39, 0.29) is 6.29 Å². The molecule has 6 N–H and O–H groups in total. The summed E-state index contributed by atoms with van der Waals surface area (Å²) in [6, 6.07) is -1.01.